The van der Waals surface area contributed by atoms with Crippen LogP contribution in [0, 0.1) is 6.92 Å². The molecule has 0 aliphatic rings. The topological polar surface area (TPSA) is 97.4 Å². The van der Waals surface area contributed by atoms with Crippen LogP contribution in [0.3, 0.4) is 0 Å². The van der Waals surface area contributed by atoms with E-state index in [-0.39, 0.29) is 11.5 Å². The molecule has 1 heterocycles. The van der Waals surface area contributed by atoms with Gasteiger partial charge in [0, 0.05) is 16.5 Å². The molecule has 0 fully saturated rings. The van der Waals surface area contributed by atoms with Gasteiger partial charge in [-0.05, 0) is 31.2 Å². The minimum atomic E-state index is -0.724. The summed E-state index contributed by atoms with van der Waals surface area (Å²) in [6, 6.07) is 23.0. The first-order valence-electron chi connectivity index (χ1n) is 10.4. The molecule has 4 rings (SSSR count). The molecule has 34 heavy (non-hydrogen) atoms. The van der Waals surface area contributed by atoms with Gasteiger partial charge in [0.05, 0.1) is 16.9 Å². The average molecular weight is 472 g/mol. The molecule has 3 aromatic carbocycles. The highest BCUT2D eigenvalue weighted by molar-refractivity contribution is 7.14. The molecule has 1 aromatic heterocycles. The number of carbonyl (C=O) groups is 3. The summed E-state index contributed by atoms with van der Waals surface area (Å²) in [5.41, 5.74) is 3.75. The number of aromatic nitrogens is 1. The summed E-state index contributed by atoms with van der Waals surface area (Å²) in [6.07, 6.45) is 0. The molecule has 0 bridgehead atoms. The summed E-state index contributed by atoms with van der Waals surface area (Å²) < 4.78 is 5.17. The average Bonchev–Trinajstić information content (AvgIpc) is 3.32. The van der Waals surface area contributed by atoms with Gasteiger partial charge < -0.3 is 10.1 Å². The van der Waals surface area contributed by atoms with Crippen molar-refractivity contribution in [3.05, 3.63) is 101 Å². The van der Waals surface area contributed by atoms with Gasteiger partial charge in [-0.2, -0.15) is 0 Å². The van der Waals surface area contributed by atoms with Gasteiger partial charge in [0.2, 0.25) is 0 Å². The Kier molecular flexibility index (Phi) is 7.10. The van der Waals surface area contributed by atoms with E-state index in [1.165, 1.54) is 17.4 Å². The normalized spacial score (nSPS) is 10.4. The van der Waals surface area contributed by atoms with Gasteiger partial charge in [-0.15, -0.1) is 11.3 Å². The van der Waals surface area contributed by atoms with Crippen molar-refractivity contribution in [2.45, 2.75) is 6.92 Å². The number of hydrogen-bond acceptors (Lipinski definition) is 6. The van der Waals surface area contributed by atoms with Crippen molar-refractivity contribution in [3.8, 4) is 11.3 Å². The standard InChI is InChI=1S/C26H21N3O4S/c1-17-11-13-18(14-12-17)22-16-34-26(28-22)29-23(30)15-33-25(32)20-9-5-6-10-21(20)27-24(31)19-7-3-2-4-8-19/h2-14,16H,15H2,1H3,(H,27,31)(H,28,29,30). The van der Waals surface area contributed by atoms with Crippen LogP contribution < -0.4 is 10.6 Å². The minimum Gasteiger partial charge on any atom is -0.452 e. The number of para-hydroxylation sites is 1. The van der Waals surface area contributed by atoms with Crippen LogP contribution in [0.25, 0.3) is 11.3 Å². The second-order valence-electron chi connectivity index (χ2n) is 7.39. The highest BCUT2D eigenvalue weighted by Gasteiger charge is 2.17. The smallest absolute Gasteiger partial charge is 0.340 e. The Labute approximate surface area is 200 Å². The number of thiazole rings is 1. The van der Waals surface area contributed by atoms with Crippen LogP contribution in [-0.2, 0) is 9.53 Å². The molecule has 0 aliphatic carbocycles. The van der Waals surface area contributed by atoms with Gasteiger partial charge in [0.25, 0.3) is 11.8 Å². The predicted octanol–water partition coefficient (Wildman–Crippen LogP) is 5.17. The molecular weight excluding hydrogens is 450 g/mol. The first kappa shape index (κ1) is 22.9. The number of hydrogen-bond donors (Lipinski definition) is 2. The Balaban J connectivity index is 1.35. The summed E-state index contributed by atoms with van der Waals surface area (Å²) in [5.74, 6) is -1.59. The van der Waals surface area contributed by atoms with E-state index in [2.05, 4.69) is 15.6 Å². The van der Waals surface area contributed by atoms with Crippen LogP contribution in [0.1, 0.15) is 26.3 Å². The van der Waals surface area contributed by atoms with Crippen LogP contribution >= 0.6 is 11.3 Å². The van der Waals surface area contributed by atoms with E-state index in [1.54, 1.807) is 42.5 Å². The largest absolute Gasteiger partial charge is 0.452 e. The molecule has 0 saturated heterocycles. The molecule has 0 spiro atoms. The van der Waals surface area contributed by atoms with E-state index in [4.69, 9.17) is 4.74 Å². The summed E-state index contributed by atoms with van der Waals surface area (Å²) in [5, 5.41) is 7.60. The van der Waals surface area contributed by atoms with Crippen molar-refractivity contribution < 1.29 is 19.1 Å². The maximum Gasteiger partial charge on any atom is 0.340 e. The molecule has 2 amide bonds. The second kappa shape index (κ2) is 10.5. The summed E-state index contributed by atoms with van der Waals surface area (Å²) in [6.45, 7) is 1.52. The fourth-order valence-corrected chi connectivity index (χ4v) is 3.84. The highest BCUT2D eigenvalue weighted by Crippen LogP contribution is 2.25. The van der Waals surface area contributed by atoms with Crippen molar-refractivity contribution in [1.82, 2.24) is 4.98 Å². The molecule has 0 saturated carbocycles. The molecule has 170 valence electrons. The molecule has 0 unspecified atom stereocenters. The lowest BCUT2D eigenvalue weighted by atomic mass is 10.1. The third kappa shape index (κ3) is 5.73. The zero-order valence-corrected chi connectivity index (χ0v) is 19.1. The fourth-order valence-electron chi connectivity index (χ4n) is 3.11. The number of benzene rings is 3. The number of anilines is 2. The Hall–Kier alpha value is -4.30. The van der Waals surface area contributed by atoms with E-state index < -0.39 is 18.5 Å². The first-order chi connectivity index (χ1) is 16.5. The Morgan fingerprint density at radius 1 is 0.882 bits per heavy atom. The molecule has 4 aromatic rings. The molecule has 7 nitrogen and oxygen atoms in total. The number of nitrogens with zero attached hydrogens (tertiary/aromatic N) is 1. The summed E-state index contributed by atoms with van der Waals surface area (Å²) in [7, 11) is 0. The molecule has 0 aliphatic heterocycles. The van der Waals surface area contributed by atoms with Gasteiger partial charge in [0.15, 0.2) is 11.7 Å². The van der Waals surface area contributed by atoms with Crippen LogP contribution in [0.15, 0.2) is 84.2 Å². The molecule has 8 heteroatoms. The quantitative estimate of drug-likeness (QED) is 0.363. The predicted molar refractivity (Wildman–Crippen MR) is 132 cm³/mol. The number of nitrogens with one attached hydrogen (secondary N) is 2. The molecular formula is C26H21N3O4S. The van der Waals surface area contributed by atoms with E-state index in [0.717, 1.165) is 16.8 Å². The number of ether oxygens (including phenoxy) is 1. The van der Waals surface area contributed by atoms with Gasteiger partial charge in [-0.25, -0.2) is 9.78 Å². The molecule has 0 radical (unpaired) electrons. The number of esters is 1. The zero-order valence-electron chi connectivity index (χ0n) is 18.3. The van der Waals surface area contributed by atoms with Gasteiger partial charge in [-0.1, -0.05) is 60.2 Å². The second-order valence-corrected chi connectivity index (χ2v) is 8.25. The Morgan fingerprint density at radius 3 is 2.35 bits per heavy atom. The minimum absolute atomic E-state index is 0.149. The Bertz CT molecular complexity index is 1320. The lowest BCUT2D eigenvalue weighted by molar-refractivity contribution is -0.119. The van der Waals surface area contributed by atoms with Crippen LogP contribution in [0.4, 0.5) is 10.8 Å². The SMILES string of the molecule is Cc1ccc(-c2csc(NC(=O)COC(=O)c3ccccc3NC(=O)c3ccccc3)n2)cc1. The van der Waals surface area contributed by atoms with E-state index >= 15 is 0 Å². The zero-order chi connectivity index (χ0) is 23.9. The van der Waals surface area contributed by atoms with E-state index in [0.29, 0.717) is 16.4 Å². The number of rotatable bonds is 7. The maximum absolute atomic E-state index is 12.6. The number of amides is 2. The lowest BCUT2D eigenvalue weighted by Crippen LogP contribution is -2.22. The van der Waals surface area contributed by atoms with Crippen LogP contribution in [0.2, 0.25) is 0 Å². The highest BCUT2D eigenvalue weighted by atomic mass is 32.1. The summed E-state index contributed by atoms with van der Waals surface area (Å²) >= 11 is 1.28. The number of carbonyl (C=O) groups excluding carboxylic acids is 3. The van der Waals surface area contributed by atoms with E-state index in [9.17, 15) is 14.4 Å². The van der Waals surface area contributed by atoms with Crippen molar-refractivity contribution in [2.75, 3.05) is 17.2 Å². The van der Waals surface area contributed by atoms with Gasteiger partial charge in [0.1, 0.15) is 0 Å². The number of aryl methyl sites for hydroxylation is 1. The van der Waals surface area contributed by atoms with Gasteiger partial charge >= 0.3 is 5.97 Å². The monoisotopic (exact) mass is 471 g/mol. The van der Waals surface area contributed by atoms with Crippen molar-refractivity contribution >= 4 is 39.9 Å². The van der Waals surface area contributed by atoms with Crippen molar-refractivity contribution in [1.29, 1.82) is 0 Å². The molecule has 0 atom stereocenters. The first-order valence-corrected chi connectivity index (χ1v) is 11.3. The van der Waals surface area contributed by atoms with Gasteiger partial charge in [-0.3, -0.25) is 14.9 Å². The van der Waals surface area contributed by atoms with Crippen molar-refractivity contribution in [3.63, 3.8) is 0 Å². The van der Waals surface area contributed by atoms with E-state index in [1.807, 2.05) is 42.6 Å². The maximum atomic E-state index is 12.6. The fraction of sp³-hybridized carbons (Fsp3) is 0.0769. The lowest BCUT2D eigenvalue weighted by Gasteiger charge is -2.11. The van der Waals surface area contributed by atoms with Crippen LogP contribution in [-0.4, -0.2) is 29.4 Å². The molecule has 2 N–H and O–H groups in total. The third-order valence-corrected chi connectivity index (χ3v) is 5.62. The Morgan fingerprint density at radius 2 is 1.59 bits per heavy atom. The summed E-state index contributed by atoms with van der Waals surface area (Å²) in [4.78, 5) is 41.7. The third-order valence-electron chi connectivity index (χ3n) is 4.86. The van der Waals surface area contributed by atoms with Crippen molar-refractivity contribution in [2.24, 2.45) is 0 Å². The van der Waals surface area contributed by atoms with Crippen LogP contribution in [0.5, 0.6) is 0 Å².